The van der Waals surface area contributed by atoms with E-state index in [9.17, 15) is 8.78 Å². The van der Waals surface area contributed by atoms with Crippen LogP contribution in [0.25, 0.3) is 0 Å². The zero-order valence-corrected chi connectivity index (χ0v) is 13.4. The molecule has 1 unspecified atom stereocenters. The number of fused-ring (bicyclic) bond motifs is 2. The first-order chi connectivity index (χ1) is 9.52. The molecule has 0 aromatic heterocycles. The highest BCUT2D eigenvalue weighted by Crippen LogP contribution is 2.33. The molecule has 20 heavy (non-hydrogen) atoms. The van der Waals surface area contributed by atoms with Crippen molar-refractivity contribution in [2.24, 2.45) is 11.7 Å². The Hall–Kier alpha value is -0.270. The molecule has 0 amide bonds. The van der Waals surface area contributed by atoms with Crippen LogP contribution < -0.4 is 11.1 Å². The van der Waals surface area contributed by atoms with Crippen LogP contribution in [0.1, 0.15) is 31.2 Å². The summed E-state index contributed by atoms with van der Waals surface area (Å²) in [6, 6.07) is 3.68. The number of hydrogen-bond acceptors (Lipinski definition) is 2. The quantitative estimate of drug-likeness (QED) is 0.613. The Kier molecular flexibility index (Phi) is 4.29. The molecule has 4 atom stereocenters. The summed E-state index contributed by atoms with van der Waals surface area (Å²) < 4.78 is 27.5. The molecule has 2 nitrogen and oxygen atoms in total. The van der Waals surface area contributed by atoms with Crippen LogP contribution in [0.3, 0.4) is 0 Å². The Bertz CT molecular complexity index is 497. The van der Waals surface area contributed by atoms with Gasteiger partial charge in [0.25, 0.3) is 0 Å². The van der Waals surface area contributed by atoms with Crippen LogP contribution in [0.4, 0.5) is 8.78 Å². The first kappa shape index (κ1) is 14.7. The summed E-state index contributed by atoms with van der Waals surface area (Å²) in [6.07, 6.45) is 5.12. The van der Waals surface area contributed by atoms with E-state index in [1.807, 2.05) is 22.6 Å². The van der Waals surface area contributed by atoms with E-state index >= 15 is 0 Å². The van der Waals surface area contributed by atoms with Crippen molar-refractivity contribution in [3.8, 4) is 0 Å². The maximum absolute atomic E-state index is 13.8. The van der Waals surface area contributed by atoms with Crippen LogP contribution in [0.15, 0.2) is 12.1 Å². The van der Waals surface area contributed by atoms with Gasteiger partial charge in [0.15, 0.2) is 0 Å². The van der Waals surface area contributed by atoms with Gasteiger partial charge in [-0.2, -0.15) is 0 Å². The van der Waals surface area contributed by atoms with Gasteiger partial charge in [-0.1, -0.05) is 0 Å². The SMILES string of the molecule is N[C@H](Cc1cc(I)c(F)cc1F)C1C[C@H]2CC[C@@H](C1)N2. The monoisotopic (exact) mass is 392 g/mol. The van der Waals surface area contributed by atoms with Gasteiger partial charge in [-0.25, -0.2) is 8.78 Å². The molecule has 0 aliphatic carbocycles. The summed E-state index contributed by atoms with van der Waals surface area (Å²) in [5, 5.41) is 3.59. The fraction of sp³-hybridized carbons (Fsp3) is 0.600. The van der Waals surface area contributed by atoms with E-state index in [0.29, 0.717) is 33.6 Å². The van der Waals surface area contributed by atoms with Crippen LogP contribution >= 0.6 is 22.6 Å². The fourth-order valence-corrected chi connectivity index (χ4v) is 4.12. The van der Waals surface area contributed by atoms with Crippen LogP contribution in [-0.4, -0.2) is 18.1 Å². The van der Waals surface area contributed by atoms with E-state index in [0.717, 1.165) is 18.9 Å². The van der Waals surface area contributed by atoms with Crippen LogP contribution in [0.2, 0.25) is 0 Å². The lowest BCUT2D eigenvalue weighted by atomic mass is 9.84. The highest BCUT2D eigenvalue weighted by molar-refractivity contribution is 14.1. The van der Waals surface area contributed by atoms with Crippen molar-refractivity contribution in [3.63, 3.8) is 0 Å². The Morgan fingerprint density at radius 2 is 1.85 bits per heavy atom. The zero-order valence-electron chi connectivity index (χ0n) is 11.2. The van der Waals surface area contributed by atoms with Gasteiger partial charge in [-0.3, -0.25) is 0 Å². The number of piperidine rings is 1. The van der Waals surface area contributed by atoms with Crippen molar-refractivity contribution < 1.29 is 8.78 Å². The fourth-order valence-electron chi connectivity index (χ4n) is 3.59. The maximum atomic E-state index is 13.8. The van der Waals surface area contributed by atoms with E-state index in [2.05, 4.69) is 5.32 Å². The van der Waals surface area contributed by atoms with E-state index in [1.54, 1.807) is 6.07 Å². The van der Waals surface area contributed by atoms with Gasteiger partial charge < -0.3 is 11.1 Å². The minimum Gasteiger partial charge on any atom is -0.327 e. The van der Waals surface area contributed by atoms with Crippen molar-refractivity contribution >= 4 is 22.6 Å². The van der Waals surface area contributed by atoms with Crippen LogP contribution in [0.5, 0.6) is 0 Å². The molecule has 2 fully saturated rings. The first-order valence-electron chi connectivity index (χ1n) is 7.18. The number of halogens is 3. The second-order valence-corrected chi connectivity index (χ2v) is 7.26. The lowest BCUT2D eigenvalue weighted by molar-refractivity contribution is 0.259. The van der Waals surface area contributed by atoms with Crippen molar-refractivity contribution in [3.05, 3.63) is 32.9 Å². The average molecular weight is 392 g/mol. The minimum atomic E-state index is -0.500. The number of hydrogen-bond donors (Lipinski definition) is 2. The molecule has 3 rings (SSSR count). The molecule has 0 spiro atoms. The second-order valence-electron chi connectivity index (χ2n) is 6.10. The third-order valence-corrected chi connectivity index (χ3v) is 5.49. The minimum absolute atomic E-state index is 0.0454. The normalized spacial score (nSPS) is 30.5. The highest BCUT2D eigenvalue weighted by atomic mass is 127. The summed E-state index contributed by atoms with van der Waals surface area (Å²) in [7, 11) is 0. The average Bonchev–Trinajstić information content (AvgIpc) is 2.74. The van der Waals surface area contributed by atoms with Gasteiger partial charge in [0, 0.05) is 27.8 Å². The Balaban J connectivity index is 1.69. The van der Waals surface area contributed by atoms with Gasteiger partial charge in [0.2, 0.25) is 0 Å². The molecule has 3 N–H and O–H groups in total. The molecule has 2 heterocycles. The number of benzene rings is 1. The Morgan fingerprint density at radius 1 is 1.20 bits per heavy atom. The van der Waals surface area contributed by atoms with E-state index < -0.39 is 11.6 Å². The molecule has 5 heteroatoms. The smallest absolute Gasteiger partial charge is 0.139 e. The van der Waals surface area contributed by atoms with Crippen LogP contribution in [0, 0.1) is 21.1 Å². The third kappa shape index (κ3) is 2.99. The molecule has 2 bridgehead atoms. The molecule has 2 saturated heterocycles. The Morgan fingerprint density at radius 3 is 2.50 bits per heavy atom. The molecule has 110 valence electrons. The zero-order chi connectivity index (χ0) is 14.3. The molecule has 2 aliphatic rings. The van der Waals surface area contributed by atoms with Crippen molar-refractivity contribution in [1.29, 1.82) is 0 Å². The highest BCUT2D eigenvalue weighted by Gasteiger charge is 2.36. The third-order valence-electron chi connectivity index (χ3n) is 4.66. The number of nitrogens with two attached hydrogens (primary N) is 1. The molecule has 1 aromatic carbocycles. The standard InChI is InChI=1S/C15H19F2IN2/c16-12-7-13(17)14(18)5-8(12)6-15(19)9-3-10-1-2-11(4-9)20-10/h5,7,9-11,15,20H,1-4,6,19H2/t9?,10-,11+,15-/m1/s1. The second kappa shape index (κ2) is 5.85. The van der Waals surface area contributed by atoms with E-state index in [4.69, 9.17) is 5.73 Å². The predicted octanol–water partition coefficient (Wildman–Crippen LogP) is 2.97. The predicted molar refractivity (Wildman–Crippen MR) is 83.4 cm³/mol. The topological polar surface area (TPSA) is 38.0 Å². The van der Waals surface area contributed by atoms with Gasteiger partial charge in [-0.05, 0) is 72.2 Å². The van der Waals surface area contributed by atoms with Crippen molar-refractivity contribution in [1.82, 2.24) is 5.32 Å². The lowest BCUT2D eigenvalue weighted by Crippen LogP contribution is -2.45. The van der Waals surface area contributed by atoms with Gasteiger partial charge in [-0.15, -0.1) is 0 Å². The van der Waals surface area contributed by atoms with Crippen LogP contribution in [-0.2, 0) is 6.42 Å². The summed E-state index contributed by atoms with van der Waals surface area (Å²) in [5.74, 6) is -0.536. The van der Waals surface area contributed by atoms with Gasteiger partial charge >= 0.3 is 0 Å². The van der Waals surface area contributed by atoms with Crippen molar-refractivity contribution in [2.45, 2.75) is 50.2 Å². The van der Waals surface area contributed by atoms with Crippen molar-refractivity contribution in [2.75, 3.05) is 0 Å². The summed E-state index contributed by atoms with van der Waals surface area (Å²) >= 11 is 1.89. The number of rotatable bonds is 3. The summed E-state index contributed by atoms with van der Waals surface area (Å²) in [4.78, 5) is 0. The van der Waals surface area contributed by atoms with E-state index in [-0.39, 0.29) is 6.04 Å². The largest absolute Gasteiger partial charge is 0.327 e. The van der Waals surface area contributed by atoms with Gasteiger partial charge in [0.1, 0.15) is 11.6 Å². The first-order valence-corrected chi connectivity index (χ1v) is 8.26. The Labute approximate surface area is 131 Å². The van der Waals surface area contributed by atoms with E-state index in [1.165, 1.54) is 12.8 Å². The summed E-state index contributed by atoms with van der Waals surface area (Å²) in [5.41, 5.74) is 6.84. The molecular weight excluding hydrogens is 373 g/mol. The molecule has 0 saturated carbocycles. The molecule has 0 radical (unpaired) electrons. The van der Waals surface area contributed by atoms with Gasteiger partial charge in [0.05, 0.1) is 0 Å². The molecule has 2 aliphatic heterocycles. The summed E-state index contributed by atoms with van der Waals surface area (Å²) in [6.45, 7) is 0. The molecule has 1 aromatic rings. The number of nitrogens with one attached hydrogen (secondary N) is 1. The lowest BCUT2D eigenvalue weighted by Gasteiger charge is -2.33. The molecular formula is C15H19F2IN2. The maximum Gasteiger partial charge on any atom is 0.139 e.